The molecule has 0 saturated carbocycles. The SMILES string of the molecule is COc1nc(OC)nc(SC(C)CCl)n1. The third kappa shape index (κ3) is 3.71. The maximum atomic E-state index is 5.69. The number of hydrogen-bond donors (Lipinski definition) is 0. The number of hydrogen-bond acceptors (Lipinski definition) is 6. The second kappa shape index (κ2) is 5.97. The van der Waals surface area contributed by atoms with Crippen LogP contribution in [0.3, 0.4) is 0 Å². The summed E-state index contributed by atoms with van der Waals surface area (Å²) in [6.07, 6.45) is 0. The first-order valence-corrected chi connectivity index (χ1v) is 5.67. The maximum Gasteiger partial charge on any atom is 0.323 e. The van der Waals surface area contributed by atoms with Crippen molar-refractivity contribution in [2.75, 3.05) is 20.1 Å². The molecule has 0 radical (unpaired) electrons. The lowest BCUT2D eigenvalue weighted by atomic mass is 10.6. The van der Waals surface area contributed by atoms with Gasteiger partial charge >= 0.3 is 12.0 Å². The van der Waals surface area contributed by atoms with Crippen LogP contribution >= 0.6 is 23.4 Å². The predicted molar refractivity (Wildman–Crippen MR) is 59.0 cm³/mol. The first-order chi connectivity index (χ1) is 7.19. The molecule has 1 aromatic rings. The summed E-state index contributed by atoms with van der Waals surface area (Å²) in [4.78, 5) is 12.0. The standard InChI is InChI=1S/C8H12ClN3O2S/c1-5(4-9)15-8-11-6(13-2)10-7(12-8)14-3/h5H,4H2,1-3H3. The Hall–Kier alpha value is -0.750. The van der Waals surface area contributed by atoms with Crippen LogP contribution in [0, 0.1) is 0 Å². The average Bonchev–Trinajstić information content (AvgIpc) is 2.28. The van der Waals surface area contributed by atoms with E-state index in [1.165, 1.54) is 26.0 Å². The van der Waals surface area contributed by atoms with Crippen molar-refractivity contribution in [3.63, 3.8) is 0 Å². The highest BCUT2D eigenvalue weighted by molar-refractivity contribution is 7.99. The van der Waals surface area contributed by atoms with Crippen LogP contribution in [0.5, 0.6) is 12.0 Å². The van der Waals surface area contributed by atoms with E-state index in [1.807, 2.05) is 6.92 Å². The van der Waals surface area contributed by atoms with Gasteiger partial charge in [-0.25, -0.2) is 0 Å². The van der Waals surface area contributed by atoms with Crippen molar-refractivity contribution in [1.82, 2.24) is 15.0 Å². The summed E-state index contributed by atoms with van der Waals surface area (Å²) in [5.74, 6) is 0.529. The average molecular weight is 250 g/mol. The fourth-order valence-electron chi connectivity index (χ4n) is 0.767. The Kier molecular flexibility index (Phi) is 4.90. The van der Waals surface area contributed by atoms with Crippen molar-refractivity contribution in [3.8, 4) is 12.0 Å². The van der Waals surface area contributed by atoms with Crippen LogP contribution in [0.25, 0.3) is 0 Å². The van der Waals surface area contributed by atoms with Gasteiger partial charge in [0.05, 0.1) is 14.2 Å². The van der Waals surface area contributed by atoms with Gasteiger partial charge in [0.1, 0.15) is 0 Å². The molecule has 5 nitrogen and oxygen atoms in total. The van der Waals surface area contributed by atoms with Crippen LogP contribution in [0.2, 0.25) is 0 Å². The van der Waals surface area contributed by atoms with Crippen molar-refractivity contribution in [2.24, 2.45) is 0 Å². The van der Waals surface area contributed by atoms with E-state index in [1.54, 1.807) is 0 Å². The Bertz CT molecular complexity index is 305. The van der Waals surface area contributed by atoms with Gasteiger partial charge in [0, 0.05) is 11.1 Å². The normalized spacial score (nSPS) is 12.3. The van der Waals surface area contributed by atoms with E-state index in [0.717, 1.165) is 0 Å². The van der Waals surface area contributed by atoms with E-state index in [0.29, 0.717) is 11.0 Å². The van der Waals surface area contributed by atoms with Crippen LogP contribution in [0.4, 0.5) is 0 Å². The van der Waals surface area contributed by atoms with Crippen molar-refractivity contribution in [3.05, 3.63) is 0 Å². The Balaban J connectivity index is 2.86. The van der Waals surface area contributed by atoms with Gasteiger partial charge in [-0.3, -0.25) is 0 Å². The lowest BCUT2D eigenvalue weighted by Crippen LogP contribution is -2.03. The molecule has 0 aliphatic rings. The Morgan fingerprint density at radius 3 is 2.13 bits per heavy atom. The summed E-state index contributed by atoms with van der Waals surface area (Å²) in [6.45, 7) is 1.99. The quantitative estimate of drug-likeness (QED) is 0.584. The molecular weight excluding hydrogens is 238 g/mol. The monoisotopic (exact) mass is 249 g/mol. The van der Waals surface area contributed by atoms with Crippen molar-refractivity contribution >= 4 is 23.4 Å². The van der Waals surface area contributed by atoms with Crippen molar-refractivity contribution < 1.29 is 9.47 Å². The Morgan fingerprint density at radius 2 is 1.73 bits per heavy atom. The molecule has 0 fully saturated rings. The lowest BCUT2D eigenvalue weighted by molar-refractivity contribution is 0.332. The topological polar surface area (TPSA) is 57.1 Å². The first-order valence-electron chi connectivity index (χ1n) is 4.26. The molecule has 0 aliphatic heterocycles. The van der Waals surface area contributed by atoms with E-state index in [9.17, 15) is 0 Å². The van der Waals surface area contributed by atoms with Crippen molar-refractivity contribution in [1.29, 1.82) is 0 Å². The molecule has 0 amide bonds. The fraction of sp³-hybridized carbons (Fsp3) is 0.625. The molecule has 1 aromatic heterocycles. The third-order valence-electron chi connectivity index (χ3n) is 1.46. The minimum Gasteiger partial charge on any atom is -0.467 e. The number of ether oxygens (including phenoxy) is 2. The number of thioether (sulfide) groups is 1. The molecule has 1 unspecified atom stereocenters. The lowest BCUT2D eigenvalue weighted by Gasteiger charge is -2.07. The van der Waals surface area contributed by atoms with Crippen LogP contribution in [-0.2, 0) is 0 Å². The second-order valence-electron chi connectivity index (χ2n) is 2.67. The molecule has 0 saturated heterocycles. The molecule has 0 N–H and O–H groups in total. The number of methoxy groups -OCH3 is 2. The molecule has 0 aliphatic carbocycles. The first kappa shape index (κ1) is 12.3. The number of alkyl halides is 1. The van der Waals surface area contributed by atoms with Gasteiger partial charge < -0.3 is 9.47 Å². The molecule has 0 aromatic carbocycles. The minimum absolute atomic E-state index is 0.225. The summed E-state index contributed by atoms with van der Waals surface area (Å²) >= 11 is 7.14. The number of nitrogens with zero attached hydrogens (tertiary/aromatic N) is 3. The smallest absolute Gasteiger partial charge is 0.323 e. The molecule has 1 heterocycles. The summed E-state index contributed by atoms with van der Waals surface area (Å²) < 4.78 is 9.85. The van der Waals surface area contributed by atoms with Gasteiger partial charge in [-0.1, -0.05) is 18.7 Å². The van der Waals surface area contributed by atoms with E-state index < -0.39 is 0 Å². The van der Waals surface area contributed by atoms with E-state index >= 15 is 0 Å². The van der Waals surface area contributed by atoms with Crippen LogP contribution < -0.4 is 9.47 Å². The van der Waals surface area contributed by atoms with Gasteiger partial charge in [0.25, 0.3) is 0 Å². The van der Waals surface area contributed by atoms with Gasteiger partial charge in [0.15, 0.2) is 5.16 Å². The summed E-state index contributed by atoms with van der Waals surface area (Å²) in [5, 5.41) is 0.773. The van der Waals surface area contributed by atoms with Gasteiger partial charge in [-0.05, 0) is 0 Å². The fourth-order valence-corrected chi connectivity index (χ4v) is 1.64. The molecule has 15 heavy (non-hydrogen) atoms. The molecule has 1 atom stereocenters. The van der Waals surface area contributed by atoms with Gasteiger partial charge in [-0.15, -0.1) is 16.6 Å². The minimum atomic E-state index is 0.225. The highest BCUT2D eigenvalue weighted by atomic mass is 35.5. The molecular formula is C8H12ClN3O2S. The van der Waals surface area contributed by atoms with E-state index in [4.69, 9.17) is 21.1 Å². The second-order valence-corrected chi connectivity index (χ2v) is 4.39. The van der Waals surface area contributed by atoms with Crippen LogP contribution in [0.1, 0.15) is 6.92 Å². The predicted octanol–water partition coefficient (Wildman–Crippen LogP) is 1.61. The largest absolute Gasteiger partial charge is 0.467 e. The highest BCUT2D eigenvalue weighted by Crippen LogP contribution is 2.23. The summed E-state index contributed by atoms with van der Waals surface area (Å²) in [5.41, 5.74) is 0. The van der Waals surface area contributed by atoms with Crippen molar-refractivity contribution in [2.45, 2.75) is 17.3 Å². The maximum absolute atomic E-state index is 5.69. The molecule has 0 spiro atoms. The zero-order chi connectivity index (χ0) is 11.3. The molecule has 1 rings (SSSR count). The highest BCUT2D eigenvalue weighted by Gasteiger charge is 2.10. The number of halogens is 1. The zero-order valence-corrected chi connectivity index (χ0v) is 10.3. The van der Waals surface area contributed by atoms with E-state index in [-0.39, 0.29) is 17.3 Å². The molecule has 0 bridgehead atoms. The third-order valence-corrected chi connectivity index (χ3v) is 3.07. The number of rotatable bonds is 5. The summed E-state index contributed by atoms with van der Waals surface area (Å²) in [7, 11) is 2.99. The van der Waals surface area contributed by atoms with Gasteiger partial charge in [-0.2, -0.15) is 9.97 Å². The number of aromatic nitrogens is 3. The zero-order valence-electron chi connectivity index (χ0n) is 8.73. The molecule has 7 heteroatoms. The molecule has 84 valence electrons. The van der Waals surface area contributed by atoms with E-state index in [2.05, 4.69) is 15.0 Å². The van der Waals surface area contributed by atoms with Crippen LogP contribution in [0.15, 0.2) is 5.16 Å². The van der Waals surface area contributed by atoms with Gasteiger partial charge in [0.2, 0.25) is 0 Å². The van der Waals surface area contributed by atoms with Crippen LogP contribution in [-0.4, -0.2) is 40.3 Å². The Labute approximate surface area is 97.6 Å². The summed E-state index contributed by atoms with van der Waals surface area (Å²) in [6, 6.07) is 0.484. The Morgan fingerprint density at radius 1 is 1.20 bits per heavy atom.